The molecule has 0 atom stereocenters. The highest BCUT2D eigenvalue weighted by Crippen LogP contribution is 2.41. The highest BCUT2D eigenvalue weighted by atomic mass is 16.5. The van der Waals surface area contributed by atoms with Crippen LogP contribution in [0.4, 0.5) is 0 Å². The highest BCUT2D eigenvalue weighted by Gasteiger charge is 2.28. The van der Waals surface area contributed by atoms with E-state index in [1.54, 1.807) is 0 Å². The fourth-order valence-corrected chi connectivity index (χ4v) is 7.49. The molecule has 0 saturated heterocycles. The Kier molecular flexibility index (Phi) is 9.28. The van der Waals surface area contributed by atoms with Gasteiger partial charge >= 0.3 is 5.97 Å². The number of fused-ring (bicyclic) bond motifs is 8. The molecule has 44 heavy (non-hydrogen) atoms. The number of carbonyl (C=O) groups is 1. The molecule has 3 aromatic heterocycles. The van der Waals surface area contributed by atoms with Gasteiger partial charge in [0.2, 0.25) is 0 Å². The molecule has 0 amide bonds. The summed E-state index contributed by atoms with van der Waals surface area (Å²) in [4.78, 5) is 31.8. The number of aryl methyl sites for hydroxylation is 4. The lowest BCUT2D eigenvalue weighted by atomic mass is 9.95. The van der Waals surface area contributed by atoms with Crippen molar-refractivity contribution in [3.05, 3.63) is 68.8 Å². The molecule has 0 unspecified atom stereocenters. The van der Waals surface area contributed by atoms with E-state index >= 15 is 0 Å². The van der Waals surface area contributed by atoms with Crippen LogP contribution in [0, 0.1) is 0 Å². The van der Waals surface area contributed by atoms with Crippen LogP contribution in [0.25, 0.3) is 44.4 Å². The summed E-state index contributed by atoms with van der Waals surface area (Å²) in [6, 6.07) is 6.66. The smallest absolute Gasteiger partial charge is 0.342 e. The van der Waals surface area contributed by atoms with Crippen LogP contribution in [0.5, 0.6) is 0 Å². The minimum absolute atomic E-state index is 0.367. The molecule has 3 aromatic rings. The van der Waals surface area contributed by atoms with E-state index in [0.717, 1.165) is 107 Å². The van der Waals surface area contributed by atoms with Crippen molar-refractivity contribution < 1.29 is 9.53 Å². The van der Waals surface area contributed by atoms with Gasteiger partial charge in [-0.1, -0.05) is 55.4 Å². The van der Waals surface area contributed by atoms with Crippen molar-refractivity contribution in [2.24, 2.45) is 0 Å². The predicted molar refractivity (Wildman–Crippen MR) is 185 cm³/mol. The Bertz CT molecular complexity index is 1850. The molecule has 0 aliphatic carbocycles. The number of aromatic nitrogens is 4. The van der Waals surface area contributed by atoms with Crippen LogP contribution >= 0.6 is 0 Å². The largest absolute Gasteiger partial charge is 0.465 e. The standard InChI is InChI=1S/C38H48N4O2/c1-10-21-23(12-3)31-19-33-25(14-5)27(16-7)36(41-33)35(38(43)44-9)37-28(17-8)26(15-6)34(42-37)20-32-24(13-4)22(11-2)30(40-32)18-29(21)39-31/h18-20,39,41H,10-17H2,1-9H3. The maximum Gasteiger partial charge on any atom is 0.342 e. The molecule has 5 heterocycles. The van der Waals surface area contributed by atoms with Crippen LogP contribution in [0.3, 0.4) is 0 Å². The van der Waals surface area contributed by atoms with Crippen LogP contribution in [-0.4, -0.2) is 33.0 Å². The van der Waals surface area contributed by atoms with E-state index in [4.69, 9.17) is 14.7 Å². The quantitative estimate of drug-likeness (QED) is 0.242. The van der Waals surface area contributed by atoms with Gasteiger partial charge in [0, 0.05) is 16.6 Å². The van der Waals surface area contributed by atoms with Gasteiger partial charge in [-0.25, -0.2) is 14.8 Å². The van der Waals surface area contributed by atoms with Gasteiger partial charge in [-0.3, -0.25) is 0 Å². The minimum Gasteiger partial charge on any atom is -0.465 e. The van der Waals surface area contributed by atoms with Crippen molar-refractivity contribution in [3.63, 3.8) is 0 Å². The summed E-state index contributed by atoms with van der Waals surface area (Å²) in [5, 5.41) is 0. The van der Waals surface area contributed by atoms with Crippen LogP contribution < -0.4 is 0 Å². The van der Waals surface area contributed by atoms with Crippen molar-refractivity contribution >= 4 is 50.3 Å². The topological polar surface area (TPSA) is 83.7 Å². The van der Waals surface area contributed by atoms with Crippen LogP contribution in [0.15, 0.2) is 18.2 Å². The summed E-state index contributed by atoms with van der Waals surface area (Å²) in [5.41, 5.74) is 18.1. The van der Waals surface area contributed by atoms with Crippen molar-refractivity contribution in [1.29, 1.82) is 0 Å². The molecule has 0 aromatic carbocycles. The van der Waals surface area contributed by atoms with E-state index in [9.17, 15) is 4.79 Å². The second-order valence-corrected chi connectivity index (χ2v) is 11.6. The first kappa shape index (κ1) is 31.5. The number of allylic oxidation sites excluding steroid dienone is 4. The molecule has 0 fully saturated rings. The van der Waals surface area contributed by atoms with Crippen LogP contribution in [0.2, 0.25) is 0 Å². The summed E-state index contributed by atoms with van der Waals surface area (Å²) in [6.07, 6.45) is 6.85. The zero-order valence-corrected chi connectivity index (χ0v) is 28.1. The third-order valence-corrected chi connectivity index (χ3v) is 9.50. The summed E-state index contributed by atoms with van der Waals surface area (Å²) < 4.78 is 5.48. The Morgan fingerprint density at radius 2 is 1.02 bits per heavy atom. The molecule has 0 saturated carbocycles. The van der Waals surface area contributed by atoms with Gasteiger partial charge in [-0.2, -0.15) is 0 Å². The minimum atomic E-state index is -0.367. The first-order valence-electron chi connectivity index (χ1n) is 16.7. The van der Waals surface area contributed by atoms with E-state index in [0.29, 0.717) is 5.56 Å². The number of ether oxygens (including phenoxy) is 1. The third-order valence-electron chi connectivity index (χ3n) is 9.50. The lowest BCUT2D eigenvalue weighted by molar-refractivity contribution is 0.0602. The van der Waals surface area contributed by atoms with Crippen LogP contribution in [0.1, 0.15) is 136 Å². The van der Waals surface area contributed by atoms with E-state index in [1.807, 2.05) is 0 Å². The molecule has 232 valence electrons. The van der Waals surface area contributed by atoms with Crippen LogP contribution in [-0.2, 0) is 30.4 Å². The second kappa shape index (κ2) is 13.0. The SMILES string of the molecule is CCC1=C(CC)c2cc3[nH]c(cc4[nH]c(c(CC)c4CC)c(C(=O)OC)c4nc(cc1n2)C(CC)=C4CC)c(CC)c3CC. The Hall–Kier alpha value is -3.93. The van der Waals surface area contributed by atoms with Gasteiger partial charge in [-0.15, -0.1) is 0 Å². The molecule has 6 nitrogen and oxygen atoms in total. The summed E-state index contributed by atoms with van der Waals surface area (Å²) in [5.74, 6) is -0.367. The van der Waals surface area contributed by atoms with Crippen molar-refractivity contribution in [2.75, 3.05) is 7.11 Å². The maximum absolute atomic E-state index is 13.8. The van der Waals surface area contributed by atoms with E-state index in [1.165, 1.54) is 40.5 Å². The lowest BCUT2D eigenvalue weighted by Crippen LogP contribution is -2.07. The number of carbonyl (C=O) groups excluding carboxylic acids is 1. The number of rotatable bonds is 9. The Morgan fingerprint density at radius 3 is 1.55 bits per heavy atom. The van der Waals surface area contributed by atoms with Crippen molar-refractivity contribution in [1.82, 2.24) is 19.9 Å². The van der Waals surface area contributed by atoms with Gasteiger partial charge in [0.1, 0.15) is 5.56 Å². The van der Waals surface area contributed by atoms with Crippen molar-refractivity contribution in [2.45, 2.75) is 107 Å². The first-order chi connectivity index (χ1) is 21.3. The molecule has 5 rings (SSSR count). The Morgan fingerprint density at radius 1 is 0.568 bits per heavy atom. The summed E-state index contributed by atoms with van der Waals surface area (Å²) in [6.45, 7) is 17.5. The molecular weight excluding hydrogens is 544 g/mol. The predicted octanol–water partition coefficient (Wildman–Crippen LogP) is 9.81. The molecule has 2 N–H and O–H groups in total. The number of aromatic amines is 2. The third kappa shape index (κ3) is 5.02. The average molecular weight is 593 g/mol. The van der Waals surface area contributed by atoms with E-state index < -0.39 is 0 Å². The zero-order chi connectivity index (χ0) is 31.7. The first-order valence-corrected chi connectivity index (χ1v) is 16.7. The number of H-pyrrole nitrogens is 2. The molecule has 0 spiro atoms. The molecule has 6 heteroatoms. The Balaban J connectivity index is 2.13. The normalized spacial score (nSPS) is 13.3. The second-order valence-electron chi connectivity index (χ2n) is 11.6. The van der Waals surface area contributed by atoms with E-state index in [2.05, 4.69) is 83.6 Å². The number of hydrogen-bond acceptors (Lipinski definition) is 4. The zero-order valence-electron chi connectivity index (χ0n) is 28.1. The maximum atomic E-state index is 13.8. The number of nitrogens with zero attached hydrogens (tertiary/aromatic N) is 2. The Labute approximate surface area is 262 Å². The van der Waals surface area contributed by atoms with Gasteiger partial charge in [0.05, 0.1) is 35.4 Å². The van der Waals surface area contributed by atoms with Gasteiger partial charge in [-0.05, 0) is 114 Å². The summed E-state index contributed by atoms with van der Waals surface area (Å²) in [7, 11) is 1.46. The lowest BCUT2D eigenvalue weighted by Gasteiger charge is -2.08. The molecule has 0 radical (unpaired) electrons. The summed E-state index contributed by atoms with van der Waals surface area (Å²) >= 11 is 0. The van der Waals surface area contributed by atoms with Crippen molar-refractivity contribution in [3.8, 4) is 0 Å². The van der Waals surface area contributed by atoms with Gasteiger partial charge in [0.15, 0.2) is 0 Å². The fourth-order valence-electron chi connectivity index (χ4n) is 7.49. The fraction of sp³-hybridized carbons (Fsp3) is 0.447. The number of nitrogens with one attached hydrogen (secondary N) is 2. The molecular formula is C38H48N4O2. The van der Waals surface area contributed by atoms with E-state index in [-0.39, 0.29) is 5.97 Å². The molecule has 2 aliphatic rings. The van der Waals surface area contributed by atoms with Gasteiger partial charge < -0.3 is 14.7 Å². The highest BCUT2D eigenvalue weighted by molar-refractivity contribution is 6.07. The average Bonchev–Trinajstić information content (AvgIpc) is 3.76. The molecule has 2 aliphatic heterocycles. The number of hydrogen-bond donors (Lipinski definition) is 2. The monoisotopic (exact) mass is 592 g/mol. The van der Waals surface area contributed by atoms with Gasteiger partial charge in [0.25, 0.3) is 0 Å². The number of esters is 1. The molecule has 8 bridgehead atoms. The number of methoxy groups -OCH3 is 1.